The van der Waals surface area contributed by atoms with Gasteiger partial charge in [-0.05, 0) is 89.9 Å². The molecule has 0 unspecified atom stereocenters. The Bertz CT molecular complexity index is 870. The first kappa shape index (κ1) is 26.6. The number of carbonyl (C=O) groups is 1. The first-order chi connectivity index (χ1) is 16.8. The van der Waals surface area contributed by atoms with E-state index in [2.05, 4.69) is 10.2 Å². The Morgan fingerprint density at radius 3 is 2.31 bits per heavy atom. The average molecular weight is 504 g/mol. The van der Waals surface area contributed by atoms with Gasteiger partial charge in [0, 0.05) is 18.5 Å². The fraction of sp³-hybridized carbons (Fsp3) is 0.759. The van der Waals surface area contributed by atoms with Gasteiger partial charge in [-0.3, -0.25) is 4.79 Å². The summed E-state index contributed by atoms with van der Waals surface area (Å²) in [7, 11) is 0. The summed E-state index contributed by atoms with van der Waals surface area (Å²) in [6, 6.07) is 1.68. The summed E-state index contributed by atoms with van der Waals surface area (Å²) in [4.78, 5) is 16.0. The quantitative estimate of drug-likeness (QED) is 0.446. The zero-order chi connectivity index (χ0) is 24.9. The molecular formula is C29H46ClN3O2. The highest BCUT2D eigenvalue weighted by molar-refractivity contribution is 6.33. The Morgan fingerprint density at radius 2 is 1.60 bits per heavy atom. The van der Waals surface area contributed by atoms with Crippen LogP contribution < -0.4 is 15.8 Å². The second-order valence-electron chi connectivity index (χ2n) is 11.9. The molecular weight excluding hydrogens is 458 g/mol. The fourth-order valence-corrected chi connectivity index (χ4v) is 6.82. The maximum Gasteiger partial charge on any atom is 0.255 e. The molecule has 1 aromatic carbocycles. The lowest BCUT2D eigenvalue weighted by molar-refractivity contribution is 0.0917. The van der Waals surface area contributed by atoms with E-state index in [1.54, 1.807) is 6.07 Å². The number of fused-ring (bicyclic) bond motifs is 13. The van der Waals surface area contributed by atoms with Crippen LogP contribution in [0, 0.1) is 5.41 Å². The van der Waals surface area contributed by atoms with Crippen LogP contribution in [0.3, 0.4) is 0 Å². The number of amides is 1. The minimum atomic E-state index is -0.382. The highest BCUT2D eigenvalue weighted by Crippen LogP contribution is 2.44. The third-order valence-electron chi connectivity index (χ3n) is 8.58. The lowest BCUT2D eigenvalue weighted by Crippen LogP contribution is -2.36. The molecule has 196 valence electrons. The van der Waals surface area contributed by atoms with Crippen LogP contribution in [-0.4, -0.2) is 42.6 Å². The summed E-state index contributed by atoms with van der Waals surface area (Å²) < 4.78 is 6.14. The van der Waals surface area contributed by atoms with E-state index in [0.717, 1.165) is 12.0 Å². The van der Waals surface area contributed by atoms with Crippen LogP contribution in [0.4, 0.5) is 5.69 Å². The molecule has 6 heteroatoms. The molecule has 4 aliphatic rings. The molecule has 0 aromatic heterocycles. The van der Waals surface area contributed by atoms with Crippen LogP contribution in [0.25, 0.3) is 0 Å². The number of anilines is 1. The Balaban J connectivity index is 1.41. The molecule has 0 atom stereocenters. The van der Waals surface area contributed by atoms with E-state index in [4.69, 9.17) is 22.1 Å². The van der Waals surface area contributed by atoms with Gasteiger partial charge in [-0.2, -0.15) is 0 Å². The first-order valence-corrected chi connectivity index (χ1v) is 14.5. The van der Waals surface area contributed by atoms with Crippen molar-refractivity contribution < 1.29 is 9.53 Å². The number of carbonyl (C=O) groups excluding carboxylic acids is 1. The van der Waals surface area contributed by atoms with Crippen LogP contribution in [0.2, 0.25) is 5.02 Å². The Hall–Kier alpha value is -1.46. The molecule has 0 spiro atoms. The molecule has 1 amide bonds. The highest BCUT2D eigenvalue weighted by Gasteiger charge is 2.36. The number of benzene rings is 1. The molecule has 0 aliphatic carbocycles. The van der Waals surface area contributed by atoms with Crippen molar-refractivity contribution in [1.29, 1.82) is 0 Å². The van der Waals surface area contributed by atoms with Crippen LogP contribution in [0.15, 0.2) is 6.07 Å². The summed E-state index contributed by atoms with van der Waals surface area (Å²) >= 11 is 6.40. The molecule has 3 fully saturated rings. The molecule has 3 N–H and O–H groups in total. The summed E-state index contributed by atoms with van der Waals surface area (Å²) in [6.07, 6.45) is 17.7. The normalized spacial score (nSPS) is 27.3. The number of nitrogens with one attached hydrogen (secondary N) is 1. The predicted molar refractivity (Wildman–Crippen MR) is 146 cm³/mol. The van der Waals surface area contributed by atoms with Crippen LogP contribution >= 0.6 is 11.6 Å². The first-order valence-electron chi connectivity index (χ1n) is 14.1. The molecule has 4 aliphatic heterocycles. The van der Waals surface area contributed by atoms with E-state index in [0.29, 0.717) is 40.4 Å². The number of rotatable bonds is 4. The van der Waals surface area contributed by atoms with Crippen molar-refractivity contribution in [2.45, 2.75) is 109 Å². The lowest BCUT2D eigenvalue weighted by Gasteiger charge is -2.38. The number of hydrogen-bond acceptors (Lipinski definition) is 4. The van der Waals surface area contributed by atoms with E-state index in [-0.39, 0.29) is 11.5 Å². The molecule has 1 aromatic rings. The van der Waals surface area contributed by atoms with Crippen molar-refractivity contribution >= 4 is 23.2 Å². The lowest BCUT2D eigenvalue weighted by atomic mass is 9.71. The zero-order valence-corrected chi connectivity index (χ0v) is 22.8. The summed E-state index contributed by atoms with van der Waals surface area (Å²) in [5.74, 6) is 0.506. The van der Waals surface area contributed by atoms with E-state index in [1.807, 2.05) is 13.8 Å². The molecule has 3 saturated heterocycles. The van der Waals surface area contributed by atoms with Crippen molar-refractivity contribution in [3.63, 3.8) is 0 Å². The van der Waals surface area contributed by atoms with E-state index < -0.39 is 0 Å². The zero-order valence-electron chi connectivity index (χ0n) is 22.0. The van der Waals surface area contributed by atoms with Crippen LogP contribution in [0.5, 0.6) is 5.75 Å². The van der Waals surface area contributed by atoms with Crippen LogP contribution in [0.1, 0.15) is 113 Å². The van der Waals surface area contributed by atoms with E-state index >= 15 is 0 Å². The smallest absolute Gasteiger partial charge is 0.255 e. The third kappa shape index (κ3) is 6.85. The van der Waals surface area contributed by atoms with Gasteiger partial charge in [0.2, 0.25) is 0 Å². The summed E-state index contributed by atoms with van der Waals surface area (Å²) in [5.41, 5.74) is 8.10. The van der Waals surface area contributed by atoms with Gasteiger partial charge in [0.1, 0.15) is 11.4 Å². The topological polar surface area (TPSA) is 67.6 Å². The fourth-order valence-electron chi connectivity index (χ4n) is 6.59. The molecule has 35 heavy (non-hydrogen) atoms. The van der Waals surface area contributed by atoms with Gasteiger partial charge in [0.15, 0.2) is 0 Å². The minimum Gasteiger partial charge on any atom is -0.486 e. The number of nitrogen functional groups attached to an aromatic ring is 1. The predicted octanol–water partition coefficient (Wildman–Crippen LogP) is 6.75. The van der Waals surface area contributed by atoms with Crippen LogP contribution in [-0.2, 0) is 6.42 Å². The number of halogens is 1. The van der Waals surface area contributed by atoms with E-state index in [9.17, 15) is 4.79 Å². The second kappa shape index (κ2) is 11.7. The van der Waals surface area contributed by atoms with Crippen molar-refractivity contribution in [2.24, 2.45) is 5.41 Å². The minimum absolute atomic E-state index is 0.102. The van der Waals surface area contributed by atoms with Gasteiger partial charge < -0.3 is 20.7 Å². The van der Waals surface area contributed by atoms with Gasteiger partial charge in [0.25, 0.3) is 5.91 Å². The highest BCUT2D eigenvalue weighted by atomic mass is 35.5. The Morgan fingerprint density at radius 1 is 1.00 bits per heavy atom. The number of ether oxygens (including phenoxy) is 1. The van der Waals surface area contributed by atoms with E-state index in [1.165, 1.54) is 96.7 Å². The van der Waals surface area contributed by atoms with Gasteiger partial charge >= 0.3 is 0 Å². The number of nitrogens with zero attached hydrogens (tertiary/aromatic N) is 1. The third-order valence-corrected chi connectivity index (χ3v) is 8.90. The largest absolute Gasteiger partial charge is 0.486 e. The maximum absolute atomic E-state index is 13.3. The SMILES string of the molecule is CC1(C)Cc2c(N)c(Cl)cc(C(=O)NCCC34CCCCCCCCCN(CCC3)CCC4)c2O1. The monoisotopic (exact) mass is 503 g/mol. The van der Waals surface area contributed by atoms with Crippen molar-refractivity contribution in [3.05, 3.63) is 22.2 Å². The number of nitrogens with two attached hydrogens (primary N) is 1. The second-order valence-corrected chi connectivity index (χ2v) is 12.4. The molecule has 0 saturated carbocycles. The molecule has 0 radical (unpaired) electrons. The molecule has 5 nitrogen and oxygen atoms in total. The van der Waals surface area contributed by atoms with Gasteiger partial charge in [-0.1, -0.05) is 50.1 Å². The Labute approximate surface area is 217 Å². The summed E-state index contributed by atoms with van der Waals surface area (Å²) in [5, 5.41) is 3.66. The van der Waals surface area contributed by atoms with Gasteiger partial charge in [0.05, 0.1) is 16.3 Å². The van der Waals surface area contributed by atoms with Gasteiger partial charge in [-0.15, -0.1) is 0 Å². The molecule has 5 rings (SSSR count). The van der Waals surface area contributed by atoms with Gasteiger partial charge in [-0.25, -0.2) is 0 Å². The number of hydrogen-bond donors (Lipinski definition) is 2. The average Bonchev–Trinajstić information content (AvgIpc) is 3.13. The van der Waals surface area contributed by atoms with Crippen molar-refractivity contribution in [2.75, 3.05) is 31.9 Å². The molecule has 2 bridgehead atoms. The van der Waals surface area contributed by atoms with Crippen molar-refractivity contribution in [3.8, 4) is 5.75 Å². The summed E-state index contributed by atoms with van der Waals surface area (Å²) in [6.45, 7) is 8.47. The standard InChI is InChI=1S/C29H46ClN3O2/c1-28(2)21-23-25(31)24(30)20-22(26(23)35-28)27(34)32-16-15-29-12-8-6-4-3-5-7-9-17-33(18-10-13-29)19-11-14-29/h20H,3-19,21,31H2,1-2H3,(H,32,34). The van der Waals surface area contributed by atoms with Crippen molar-refractivity contribution in [1.82, 2.24) is 10.2 Å². The molecule has 4 heterocycles. The maximum atomic E-state index is 13.3. The Kier molecular flexibility index (Phi) is 8.91.